The lowest BCUT2D eigenvalue weighted by molar-refractivity contribution is -0.386. The summed E-state index contributed by atoms with van der Waals surface area (Å²) in [6.07, 6.45) is 3.55. The summed E-state index contributed by atoms with van der Waals surface area (Å²) >= 11 is 0. The molecule has 1 N–H and O–H groups in total. The van der Waals surface area contributed by atoms with Crippen LogP contribution in [-0.4, -0.2) is 48.9 Å². The van der Waals surface area contributed by atoms with Crippen LogP contribution >= 0.6 is 0 Å². The number of nitrogens with zero attached hydrogens (tertiary/aromatic N) is 1. The maximum atomic E-state index is 13.0. The van der Waals surface area contributed by atoms with Gasteiger partial charge in [-0.2, -0.15) is 0 Å². The first-order valence-corrected chi connectivity index (χ1v) is 12.2. The van der Waals surface area contributed by atoms with E-state index in [1.165, 1.54) is 47.7 Å². The van der Waals surface area contributed by atoms with Crippen LogP contribution in [0.1, 0.15) is 11.1 Å². The number of rotatable bonds is 11. The number of anilines is 1. The molecule has 0 aromatic heterocycles. The van der Waals surface area contributed by atoms with Gasteiger partial charge < -0.3 is 23.7 Å². The first-order valence-electron chi connectivity index (χ1n) is 10.7. The van der Waals surface area contributed by atoms with E-state index in [2.05, 4.69) is 4.72 Å². The van der Waals surface area contributed by atoms with Gasteiger partial charge in [-0.15, -0.1) is 0 Å². The molecular formula is C25H26N2O9S. The van der Waals surface area contributed by atoms with Crippen molar-refractivity contribution in [2.45, 2.75) is 4.90 Å². The number of benzene rings is 3. The Bertz CT molecular complexity index is 1410. The second kappa shape index (κ2) is 11.5. The zero-order valence-electron chi connectivity index (χ0n) is 20.8. The molecule has 0 radical (unpaired) electrons. The Morgan fingerprint density at radius 2 is 1.30 bits per heavy atom. The number of methoxy groups -OCH3 is 5. The van der Waals surface area contributed by atoms with Crippen LogP contribution in [0.4, 0.5) is 11.4 Å². The number of ether oxygens (including phenoxy) is 5. The molecule has 196 valence electrons. The fraction of sp³-hybridized carbons (Fsp3) is 0.200. The lowest BCUT2D eigenvalue weighted by Gasteiger charge is -2.14. The van der Waals surface area contributed by atoms with E-state index < -0.39 is 20.6 Å². The molecule has 0 spiro atoms. The standard InChI is InChI=1S/C25H26N2O9S/c1-32-21-10-8-16(6-7-17-13-23(34-3)25(36-5)24(14-17)35-4)12-19(21)26-37(30,31)18-9-11-22(33-2)20(15-18)27(28)29/h6-15,26H,1-5H3. The zero-order valence-corrected chi connectivity index (χ0v) is 21.6. The molecule has 0 saturated heterocycles. The van der Waals surface area contributed by atoms with Gasteiger partial charge in [0.1, 0.15) is 5.75 Å². The van der Waals surface area contributed by atoms with E-state index in [1.807, 2.05) is 0 Å². The molecule has 0 aliphatic heterocycles. The van der Waals surface area contributed by atoms with E-state index in [0.717, 1.165) is 11.6 Å². The number of nitro benzene ring substituents is 1. The molecule has 0 aliphatic carbocycles. The quantitative estimate of drug-likeness (QED) is 0.214. The molecule has 11 nitrogen and oxygen atoms in total. The molecular weight excluding hydrogens is 504 g/mol. The maximum absolute atomic E-state index is 13.0. The Labute approximate surface area is 214 Å². The van der Waals surface area contributed by atoms with E-state index in [9.17, 15) is 18.5 Å². The van der Waals surface area contributed by atoms with Gasteiger partial charge in [-0.05, 0) is 47.5 Å². The highest BCUT2D eigenvalue weighted by Crippen LogP contribution is 2.39. The highest BCUT2D eigenvalue weighted by Gasteiger charge is 2.23. The van der Waals surface area contributed by atoms with Crippen molar-refractivity contribution >= 4 is 33.6 Å². The van der Waals surface area contributed by atoms with Crippen LogP contribution in [-0.2, 0) is 10.0 Å². The highest BCUT2D eigenvalue weighted by atomic mass is 32.2. The zero-order chi connectivity index (χ0) is 27.2. The topological polar surface area (TPSA) is 135 Å². The second-order valence-electron chi connectivity index (χ2n) is 7.45. The van der Waals surface area contributed by atoms with Gasteiger partial charge in [0.15, 0.2) is 17.2 Å². The average Bonchev–Trinajstić information content (AvgIpc) is 2.90. The van der Waals surface area contributed by atoms with Crippen LogP contribution in [0.3, 0.4) is 0 Å². The third-order valence-electron chi connectivity index (χ3n) is 5.28. The number of nitrogens with one attached hydrogen (secondary N) is 1. The number of nitro groups is 1. The molecule has 0 aliphatic rings. The molecule has 0 fully saturated rings. The second-order valence-corrected chi connectivity index (χ2v) is 9.13. The highest BCUT2D eigenvalue weighted by molar-refractivity contribution is 7.92. The third kappa shape index (κ3) is 6.04. The van der Waals surface area contributed by atoms with Crippen molar-refractivity contribution in [1.29, 1.82) is 0 Å². The molecule has 0 amide bonds. The summed E-state index contributed by atoms with van der Waals surface area (Å²) in [7, 11) is 3.01. The minimum Gasteiger partial charge on any atom is -0.495 e. The molecule has 3 aromatic rings. The minimum absolute atomic E-state index is 0.0551. The lowest BCUT2D eigenvalue weighted by Crippen LogP contribution is -2.14. The molecule has 3 rings (SSSR count). The number of hydrogen-bond donors (Lipinski definition) is 1. The summed E-state index contributed by atoms with van der Waals surface area (Å²) in [4.78, 5) is 10.3. The summed E-state index contributed by atoms with van der Waals surface area (Å²) in [5, 5.41) is 11.3. The van der Waals surface area contributed by atoms with Crippen LogP contribution in [0, 0.1) is 10.1 Å². The maximum Gasteiger partial charge on any atom is 0.312 e. The van der Waals surface area contributed by atoms with Crippen LogP contribution in [0.25, 0.3) is 12.2 Å². The van der Waals surface area contributed by atoms with Crippen molar-refractivity contribution in [3.8, 4) is 28.7 Å². The predicted molar refractivity (Wildman–Crippen MR) is 138 cm³/mol. The Hall–Kier alpha value is -4.45. The van der Waals surface area contributed by atoms with Gasteiger partial charge in [0.25, 0.3) is 10.0 Å². The van der Waals surface area contributed by atoms with Crippen molar-refractivity contribution in [1.82, 2.24) is 0 Å². The van der Waals surface area contributed by atoms with Crippen LogP contribution in [0.5, 0.6) is 28.7 Å². The van der Waals surface area contributed by atoms with Crippen molar-refractivity contribution < 1.29 is 37.0 Å². The van der Waals surface area contributed by atoms with E-state index in [1.54, 1.807) is 42.5 Å². The van der Waals surface area contributed by atoms with Gasteiger partial charge in [0.2, 0.25) is 5.75 Å². The summed E-state index contributed by atoms with van der Waals surface area (Å²) in [6, 6.07) is 11.8. The van der Waals surface area contributed by atoms with Gasteiger partial charge in [0, 0.05) is 6.07 Å². The minimum atomic E-state index is -4.20. The van der Waals surface area contributed by atoms with Gasteiger partial charge in [-0.25, -0.2) is 8.42 Å². The molecule has 0 atom stereocenters. The molecule has 12 heteroatoms. The molecule has 0 unspecified atom stereocenters. The SMILES string of the molecule is COc1ccc(C=Cc2cc(OC)c(OC)c(OC)c2)cc1NS(=O)(=O)c1ccc(OC)c([N+](=O)[O-])c1. The van der Waals surface area contributed by atoms with Crippen LogP contribution < -0.4 is 28.4 Å². The van der Waals surface area contributed by atoms with E-state index in [0.29, 0.717) is 22.8 Å². The molecule has 3 aromatic carbocycles. The Morgan fingerprint density at radius 1 is 0.730 bits per heavy atom. The van der Waals surface area contributed by atoms with Gasteiger partial charge in [-0.1, -0.05) is 18.2 Å². The molecule has 0 bridgehead atoms. The van der Waals surface area contributed by atoms with E-state index in [4.69, 9.17) is 23.7 Å². The average molecular weight is 531 g/mol. The predicted octanol–water partition coefficient (Wildman–Crippen LogP) is 4.61. The van der Waals surface area contributed by atoms with Crippen molar-refractivity contribution in [2.75, 3.05) is 40.3 Å². The van der Waals surface area contributed by atoms with Gasteiger partial charge in [0.05, 0.1) is 51.1 Å². The number of hydrogen-bond acceptors (Lipinski definition) is 9. The normalized spacial score (nSPS) is 11.2. The molecule has 0 saturated carbocycles. The largest absolute Gasteiger partial charge is 0.495 e. The molecule has 0 heterocycles. The number of sulfonamides is 1. The smallest absolute Gasteiger partial charge is 0.312 e. The fourth-order valence-corrected chi connectivity index (χ4v) is 4.56. The summed E-state index contributed by atoms with van der Waals surface area (Å²) in [6.45, 7) is 0. The Balaban J connectivity index is 1.96. The first-order chi connectivity index (χ1) is 17.7. The van der Waals surface area contributed by atoms with E-state index >= 15 is 0 Å². The Morgan fingerprint density at radius 3 is 1.84 bits per heavy atom. The fourth-order valence-electron chi connectivity index (χ4n) is 3.48. The third-order valence-corrected chi connectivity index (χ3v) is 6.64. The van der Waals surface area contributed by atoms with Gasteiger partial charge >= 0.3 is 5.69 Å². The monoisotopic (exact) mass is 530 g/mol. The van der Waals surface area contributed by atoms with Crippen molar-refractivity contribution in [2.24, 2.45) is 0 Å². The Kier molecular flexibility index (Phi) is 8.45. The first kappa shape index (κ1) is 27.1. The summed E-state index contributed by atoms with van der Waals surface area (Å²) in [5.74, 6) is 1.63. The lowest BCUT2D eigenvalue weighted by atomic mass is 10.1. The van der Waals surface area contributed by atoms with Crippen molar-refractivity contribution in [3.05, 3.63) is 69.8 Å². The summed E-state index contributed by atoms with van der Waals surface area (Å²) in [5.41, 5.74) is 1.07. The van der Waals surface area contributed by atoms with Crippen molar-refractivity contribution in [3.63, 3.8) is 0 Å². The molecule has 37 heavy (non-hydrogen) atoms. The van der Waals surface area contributed by atoms with Gasteiger partial charge in [-0.3, -0.25) is 14.8 Å². The summed E-state index contributed by atoms with van der Waals surface area (Å²) < 4.78 is 54.9. The van der Waals surface area contributed by atoms with Crippen LogP contribution in [0.15, 0.2) is 53.4 Å². The van der Waals surface area contributed by atoms with E-state index in [-0.39, 0.29) is 22.1 Å². The van der Waals surface area contributed by atoms with Crippen LogP contribution in [0.2, 0.25) is 0 Å².